The Labute approximate surface area is 144 Å². The Morgan fingerprint density at radius 2 is 1.38 bits per heavy atom. The molecule has 1 nitrogen and oxygen atoms in total. The summed E-state index contributed by atoms with van der Waals surface area (Å²) >= 11 is 6.14. The van der Waals surface area contributed by atoms with Gasteiger partial charge in [0, 0.05) is 21.5 Å². The van der Waals surface area contributed by atoms with Gasteiger partial charge in [0.15, 0.2) is 5.82 Å². The van der Waals surface area contributed by atoms with Crippen molar-refractivity contribution in [2.75, 3.05) is 0 Å². The summed E-state index contributed by atoms with van der Waals surface area (Å²) in [6, 6.07) is 24.3. The van der Waals surface area contributed by atoms with Gasteiger partial charge in [-0.15, -0.1) is 0 Å². The van der Waals surface area contributed by atoms with Crippen molar-refractivity contribution < 1.29 is 4.39 Å². The molecule has 24 heavy (non-hydrogen) atoms. The van der Waals surface area contributed by atoms with Crippen LogP contribution in [0.4, 0.5) is 4.39 Å². The fourth-order valence-electron chi connectivity index (χ4n) is 2.89. The summed E-state index contributed by atoms with van der Waals surface area (Å²) in [5.74, 6) is -0.331. The second kappa shape index (κ2) is 6.06. The van der Waals surface area contributed by atoms with E-state index in [0.29, 0.717) is 21.7 Å². The third-order valence-electron chi connectivity index (χ3n) is 4.00. The molecule has 0 saturated heterocycles. The summed E-state index contributed by atoms with van der Waals surface area (Å²) in [6.45, 7) is 0. The topological polar surface area (TPSA) is 12.9 Å². The van der Waals surface area contributed by atoms with Crippen molar-refractivity contribution in [3.8, 4) is 22.4 Å². The van der Waals surface area contributed by atoms with Crippen molar-refractivity contribution in [1.82, 2.24) is 4.98 Å². The Bertz CT molecular complexity index is 1010. The molecule has 3 aromatic carbocycles. The molecule has 0 radical (unpaired) electrons. The van der Waals surface area contributed by atoms with Crippen LogP contribution in [0.15, 0.2) is 78.9 Å². The summed E-state index contributed by atoms with van der Waals surface area (Å²) in [4.78, 5) is 4.54. The third-order valence-corrected chi connectivity index (χ3v) is 4.23. The molecule has 1 aromatic heterocycles. The third kappa shape index (κ3) is 2.55. The maximum absolute atomic E-state index is 15.4. The first-order chi connectivity index (χ1) is 11.7. The molecule has 116 valence electrons. The Morgan fingerprint density at radius 1 is 0.750 bits per heavy atom. The van der Waals surface area contributed by atoms with E-state index in [9.17, 15) is 0 Å². The van der Waals surface area contributed by atoms with Crippen LogP contribution in [-0.2, 0) is 0 Å². The Morgan fingerprint density at radius 3 is 2.04 bits per heavy atom. The highest BCUT2D eigenvalue weighted by Crippen LogP contribution is 2.36. The van der Waals surface area contributed by atoms with Gasteiger partial charge in [0.05, 0.1) is 5.52 Å². The van der Waals surface area contributed by atoms with Crippen molar-refractivity contribution in [2.24, 2.45) is 0 Å². The second-order valence-electron chi connectivity index (χ2n) is 5.54. The van der Waals surface area contributed by atoms with Gasteiger partial charge in [0.25, 0.3) is 0 Å². The zero-order valence-electron chi connectivity index (χ0n) is 12.7. The molecule has 0 unspecified atom stereocenters. The fourth-order valence-corrected chi connectivity index (χ4v) is 3.06. The summed E-state index contributed by atoms with van der Waals surface area (Å²) in [5, 5.41) is 1.28. The van der Waals surface area contributed by atoms with Crippen LogP contribution in [-0.4, -0.2) is 4.98 Å². The van der Waals surface area contributed by atoms with Gasteiger partial charge in [0.2, 0.25) is 0 Å². The predicted molar refractivity (Wildman–Crippen MR) is 97.6 cm³/mol. The number of fused-ring (bicyclic) bond motifs is 1. The lowest BCUT2D eigenvalue weighted by Gasteiger charge is -2.13. The van der Waals surface area contributed by atoms with E-state index in [4.69, 9.17) is 11.6 Å². The number of nitrogens with zero attached hydrogens (tertiary/aromatic N) is 1. The van der Waals surface area contributed by atoms with Crippen LogP contribution >= 0.6 is 11.6 Å². The SMILES string of the molecule is Fc1c(-c2ccccc2)nc2ccc(Cl)cc2c1-c1ccccc1. The predicted octanol–water partition coefficient (Wildman–Crippen LogP) is 6.36. The average Bonchev–Trinajstić information content (AvgIpc) is 2.63. The van der Waals surface area contributed by atoms with Crippen molar-refractivity contribution in [2.45, 2.75) is 0 Å². The first-order valence-corrected chi connectivity index (χ1v) is 8.01. The highest BCUT2D eigenvalue weighted by molar-refractivity contribution is 6.31. The lowest BCUT2D eigenvalue weighted by molar-refractivity contribution is 0.631. The first kappa shape index (κ1) is 14.9. The molecule has 3 heteroatoms. The van der Waals surface area contributed by atoms with Crippen LogP contribution in [0.5, 0.6) is 0 Å². The average molecular weight is 334 g/mol. The molecule has 4 rings (SSSR count). The summed E-state index contributed by atoms with van der Waals surface area (Å²) in [5.41, 5.74) is 3.16. The van der Waals surface area contributed by atoms with E-state index >= 15 is 4.39 Å². The Hall–Kier alpha value is -2.71. The van der Waals surface area contributed by atoms with Gasteiger partial charge in [-0.25, -0.2) is 9.37 Å². The summed E-state index contributed by atoms with van der Waals surface area (Å²) < 4.78 is 15.4. The van der Waals surface area contributed by atoms with Crippen LogP contribution in [0, 0.1) is 5.82 Å². The summed E-state index contributed by atoms with van der Waals surface area (Å²) in [6.07, 6.45) is 0. The molecule has 0 atom stereocenters. The smallest absolute Gasteiger partial charge is 0.157 e. The second-order valence-corrected chi connectivity index (χ2v) is 5.98. The fraction of sp³-hybridized carbons (Fsp3) is 0. The number of rotatable bonds is 2. The number of aromatic nitrogens is 1. The normalized spacial score (nSPS) is 10.9. The van der Waals surface area contributed by atoms with E-state index in [-0.39, 0.29) is 5.82 Å². The largest absolute Gasteiger partial charge is 0.245 e. The van der Waals surface area contributed by atoms with Crippen LogP contribution in [0.2, 0.25) is 5.02 Å². The number of hydrogen-bond donors (Lipinski definition) is 0. The van der Waals surface area contributed by atoms with E-state index in [2.05, 4.69) is 4.98 Å². The zero-order chi connectivity index (χ0) is 16.5. The van der Waals surface area contributed by atoms with E-state index in [1.807, 2.05) is 66.7 Å². The lowest BCUT2D eigenvalue weighted by atomic mass is 9.97. The molecule has 4 aromatic rings. The van der Waals surface area contributed by atoms with Gasteiger partial charge >= 0.3 is 0 Å². The van der Waals surface area contributed by atoms with Crippen LogP contribution in [0.25, 0.3) is 33.3 Å². The quantitative estimate of drug-likeness (QED) is 0.416. The first-order valence-electron chi connectivity index (χ1n) is 7.63. The molecule has 0 spiro atoms. The van der Waals surface area contributed by atoms with Crippen molar-refractivity contribution >= 4 is 22.5 Å². The maximum Gasteiger partial charge on any atom is 0.157 e. The van der Waals surface area contributed by atoms with Gasteiger partial charge < -0.3 is 0 Å². The van der Waals surface area contributed by atoms with E-state index < -0.39 is 0 Å². The molecule has 0 amide bonds. The molecule has 0 aliphatic rings. The number of pyridine rings is 1. The van der Waals surface area contributed by atoms with Gasteiger partial charge in [-0.05, 0) is 23.8 Å². The number of hydrogen-bond acceptors (Lipinski definition) is 1. The van der Waals surface area contributed by atoms with Crippen LogP contribution in [0.3, 0.4) is 0 Å². The highest BCUT2D eigenvalue weighted by atomic mass is 35.5. The van der Waals surface area contributed by atoms with Gasteiger partial charge in [-0.1, -0.05) is 72.3 Å². The highest BCUT2D eigenvalue weighted by Gasteiger charge is 2.18. The lowest BCUT2D eigenvalue weighted by Crippen LogP contribution is -1.96. The van der Waals surface area contributed by atoms with E-state index in [1.54, 1.807) is 12.1 Å². The maximum atomic E-state index is 15.4. The standard InChI is InChI=1S/C21H13ClFN/c22-16-11-12-18-17(13-16)19(14-7-3-1-4-8-14)20(23)21(24-18)15-9-5-2-6-10-15/h1-13H. The minimum atomic E-state index is -0.331. The molecule has 0 fully saturated rings. The molecule has 0 bridgehead atoms. The molecule has 0 saturated carbocycles. The molecule has 1 heterocycles. The van der Waals surface area contributed by atoms with E-state index in [0.717, 1.165) is 16.6 Å². The van der Waals surface area contributed by atoms with Gasteiger partial charge in [-0.2, -0.15) is 0 Å². The van der Waals surface area contributed by atoms with Crippen LogP contribution in [0.1, 0.15) is 0 Å². The van der Waals surface area contributed by atoms with Crippen molar-refractivity contribution in [1.29, 1.82) is 0 Å². The minimum Gasteiger partial charge on any atom is -0.245 e. The molecular weight excluding hydrogens is 321 g/mol. The minimum absolute atomic E-state index is 0.331. The monoisotopic (exact) mass is 333 g/mol. The Kier molecular flexibility index (Phi) is 3.75. The van der Waals surface area contributed by atoms with Gasteiger partial charge in [-0.3, -0.25) is 0 Å². The number of benzene rings is 3. The van der Waals surface area contributed by atoms with Gasteiger partial charge in [0.1, 0.15) is 5.69 Å². The van der Waals surface area contributed by atoms with Crippen LogP contribution < -0.4 is 0 Å². The zero-order valence-corrected chi connectivity index (χ0v) is 13.5. The Balaban J connectivity index is 2.11. The van der Waals surface area contributed by atoms with E-state index in [1.165, 1.54) is 0 Å². The summed E-state index contributed by atoms with van der Waals surface area (Å²) in [7, 11) is 0. The van der Waals surface area contributed by atoms with Crippen molar-refractivity contribution in [3.05, 3.63) is 89.7 Å². The van der Waals surface area contributed by atoms with Crippen molar-refractivity contribution in [3.63, 3.8) is 0 Å². The molecule has 0 N–H and O–H groups in total. The molecular formula is C21H13ClFN. The molecule has 0 aliphatic heterocycles. The molecule has 0 aliphatic carbocycles. The number of halogens is 2.